The van der Waals surface area contributed by atoms with Crippen molar-refractivity contribution in [2.75, 3.05) is 13.6 Å². The highest BCUT2D eigenvalue weighted by molar-refractivity contribution is 6.30. The fourth-order valence-corrected chi connectivity index (χ4v) is 2.64. The van der Waals surface area contributed by atoms with Crippen LogP contribution in [0.2, 0.25) is 5.02 Å². The number of amides is 1. The van der Waals surface area contributed by atoms with E-state index in [1.807, 2.05) is 24.3 Å². The Morgan fingerprint density at radius 3 is 2.90 bits per heavy atom. The minimum Gasteiger partial charge on any atom is -0.336 e. The minimum atomic E-state index is -0.0637. The highest BCUT2D eigenvalue weighted by atomic mass is 35.5. The highest BCUT2D eigenvalue weighted by Gasteiger charge is 2.23. The molecule has 0 unspecified atom stereocenters. The molecule has 3 rings (SSSR count). The second-order valence-corrected chi connectivity index (χ2v) is 5.68. The van der Waals surface area contributed by atoms with E-state index in [1.165, 1.54) is 0 Å². The van der Waals surface area contributed by atoms with Gasteiger partial charge in [-0.2, -0.15) is 5.10 Å². The Kier molecular flexibility index (Phi) is 3.94. The van der Waals surface area contributed by atoms with Crippen LogP contribution in [-0.4, -0.2) is 34.6 Å². The number of rotatable bonds is 3. The molecule has 2 N–H and O–H groups in total. The van der Waals surface area contributed by atoms with E-state index in [1.54, 1.807) is 11.9 Å². The molecule has 1 aromatic heterocycles. The van der Waals surface area contributed by atoms with Crippen molar-refractivity contribution < 1.29 is 4.79 Å². The minimum absolute atomic E-state index is 0.0637. The van der Waals surface area contributed by atoms with Crippen molar-refractivity contribution in [3.63, 3.8) is 0 Å². The maximum Gasteiger partial charge on any atom is 0.274 e. The SMILES string of the molecule is CN(Cc1ccc(Cl)cc1)C(=O)c1n[nH]c2c1CNCC2. The van der Waals surface area contributed by atoms with Crippen molar-refractivity contribution in [2.24, 2.45) is 0 Å². The van der Waals surface area contributed by atoms with Gasteiger partial charge in [-0.1, -0.05) is 23.7 Å². The Morgan fingerprint density at radius 1 is 1.38 bits per heavy atom. The first-order chi connectivity index (χ1) is 10.1. The van der Waals surface area contributed by atoms with Crippen LogP contribution in [0.4, 0.5) is 0 Å². The average Bonchev–Trinajstić information content (AvgIpc) is 2.92. The lowest BCUT2D eigenvalue weighted by Gasteiger charge is -2.18. The van der Waals surface area contributed by atoms with Crippen LogP contribution in [-0.2, 0) is 19.5 Å². The van der Waals surface area contributed by atoms with E-state index in [0.29, 0.717) is 23.8 Å². The van der Waals surface area contributed by atoms with E-state index in [2.05, 4.69) is 15.5 Å². The largest absolute Gasteiger partial charge is 0.336 e. The number of fused-ring (bicyclic) bond motifs is 1. The molecule has 1 amide bonds. The van der Waals surface area contributed by atoms with Crippen molar-refractivity contribution in [3.8, 4) is 0 Å². The van der Waals surface area contributed by atoms with Crippen molar-refractivity contribution in [2.45, 2.75) is 19.5 Å². The summed E-state index contributed by atoms with van der Waals surface area (Å²) in [5, 5.41) is 11.1. The van der Waals surface area contributed by atoms with Crippen LogP contribution in [0.15, 0.2) is 24.3 Å². The number of H-pyrrole nitrogens is 1. The van der Waals surface area contributed by atoms with Crippen molar-refractivity contribution in [1.29, 1.82) is 0 Å². The summed E-state index contributed by atoms with van der Waals surface area (Å²) in [6.07, 6.45) is 0.885. The zero-order valence-electron chi connectivity index (χ0n) is 11.8. The summed E-state index contributed by atoms with van der Waals surface area (Å²) in [5.41, 5.74) is 3.62. The summed E-state index contributed by atoms with van der Waals surface area (Å²) in [4.78, 5) is 14.2. The summed E-state index contributed by atoms with van der Waals surface area (Å²) in [6, 6.07) is 7.51. The number of benzene rings is 1. The summed E-state index contributed by atoms with van der Waals surface area (Å²) in [5.74, 6) is -0.0637. The third-order valence-corrected chi connectivity index (χ3v) is 3.94. The normalized spacial score (nSPS) is 13.8. The number of carbonyl (C=O) groups excluding carboxylic acids is 1. The topological polar surface area (TPSA) is 61.0 Å². The molecule has 0 aliphatic carbocycles. The van der Waals surface area contributed by atoms with Gasteiger partial charge in [0.15, 0.2) is 5.69 Å². The third kappa shape index (κ3) is 2.94. The number of halogens is 1. The Labute approximate surface area is 128 Å². The second-order valence-electron chi connectivity index (χ2n) is 5.24. The van der Waals surface area contributed by atoms with Gasteiger partial charge >= 0.3 is 0 Å². The van der Waals surface area contributed by atoms with Crippen molar-refractivity contribution >= 4 is 17.5 Å². The molecule has 2 aromatic rings. The molecule has 0 fully saturated rings. The molecule has 0 saturated heterocycles. The van der Waals surface area contributed by atoms with Gasteiger partial charge in [0.25, 0.3) is 5.91 Å². The molecule has 1 aliphatic heterocycles. The van der Waals surface area contributed by atoms with Crippen molar-refractivity contribution in [1.82, 2.24) is 20.4 Å². The first-order valence-electron chi connectivity index (χ1n) is 6.92. The lowest BCUT2D eigenvalue weighted by Crippen LogP contribution is -2.29. The standard InChI is InChI=1S/C15H17ClN4O/c1-20(9-10-2-4-11(16)5-3-10)15(21)14-12-8-17-7-6-13(12)18-19-14/h2-5,17H,6-9H2,1H3,(H,18,19). The van der Waals surface area contributed by atoms with Gasteiger partial charge in [0.05, 0.1) is 0 Å². The summed E-state index contributed by atoms with van der Waals surface area (Å²) >= 11 is 5.87. The Balaban J connectivity index is 1.75. The van der Waals surface area contributed by atoms with E-state index >= 15 is 0 Å². The zero-order valence-corrected chi connectivity index (χ0v) is 12.6. The van der Waals surface area contributed by atoms with E-state index in [-0.39, 0.29) is 5.91 Å². The Hall–Kier alpha value is -1.85. The second kappa shape index (κ2) is 5.87. The van der Waals surface area contributed by atoms with Gasteiger partial charge in [0.2, 0.25) is 0 Å². The van der Waals surface area contributed by atoms with Crippen LogP contribution >= 0.6 is 11.6 Å². The molecule has 0 spiro atoms. The predicted molar refractivity (Wildman–Crippen MR) is 81.2 cm³/mol. The Morgan fingerprint density at radius 2 is 2.14 bits per heavy atom. The fraction of sp³-hybridized carbons (Fsp3) is 0.333. The first-order valence-corrected chi connectivity index (χ1v) is 7.29. The molecular formula is C15H17ClN4O. The molecule has 6 heteroatoms. The van der Waals surface area contributed by atoms with Crippen LogP contribution < -0.4 is 5.32 Å². The predicted octanol–water partition coefficient (Wildman–Crippen LogP) is 1.98. The molecule has 0 radical (unpaired) electrons. The van der Waals surface area contributed by atoms with Gasteiger partial charge in [-0.15, -0.1) is 0 Å². The quantitative estimate of drug-likeness (QED) is 0.911. The van der Waals surface area contributed by atoms with Gasteiger partial charge < -0.3 is 10.2 Å². The lowest BCUT2D eigenvalue weighted by molar-refractivity contribution is 0.0778. The number of hydrogen-bond donors (Lipinski definition) is 2. The molecule has 5 nitrogen and oxygen atoms in total. The maximum absolute atomic E-state index is 12.5. The van der Waals surface area contributed by atoms with Crippen LogP contribution in [0.25, 0.3) is 0 Å². The molecular weight excluding hydrogens is 288 g/mol. The number of aromatic nitrogens is 2. The van der Waals surface area contributed by atoms with Crippen LogP contribution in [0.1, 0.15) is 27.3 Å². The smallest absolute Gasteiger partial charge is 0.274 e. The molecule has 0 saturated carbocycles. The van der Waals surface area contributed by atoms with Gasteiger partial charge in [-0.3, -0.25) is 9.89 Å². The van der Waals surface area contributed by atoms with Gasteiger partial charge in [-0.05, 0) is 17.7 Å². The lowest BCUT2D eigenvalue weighted by atomic mass is 10.1. The van der Waals surface area contributed by atoms with Gasteiger partial charge in [0.1, 0.15) is 0 Å². The number of aromatic amines is 1. The van der Waals surface area contributed by atoms with E-state index < -0.39 is 0 Å². The molecule has 2 heterocycles. The average molecular weight is 305 g/mol. The highest BCUT2D eigenvalue weighted by Crippen LogP contribution is 2.18. The first kappa shape index (κ1) is 14.1. The molecule has 0 atom stereocenters. The number of hydrogen-bond acceptors (Lipinski definition) is 3. The van der Waals surface area contributed by atoms with Crippen molar-refractivity contribution in [3.05, 3.63) is 51.8 Å². The van der Waals surface area contributed by atoms with Crippen LogP contribution in [0, 0.1) is 0 Å². The molecule has 21 heavy (non-hydrogen) atoms. The van der Waals surface area contributed by atoms with Crippen LogP contribution in [0.5, 0.6) is 0 Å². The number of nitrogens with one attached hydrogen (secondary N) is 2. The molecule has 0 bridgehead atoms. The maximum atomic E-state index is 12.5. The van der Waals surface area contributed by atoms with E-state index in [9.17, 15) is 4.79 Å². The molecule has 110 valence electrons. The summed E-state index contributed by atoms with van der Waals surface area (Å²) in [6.45, 7) is 2.15. The van der Waals surface area contributed by atoms with E-state index in [4.69, 9.17) is 11.6 Å². The van der Waals surface area contributed by atoms with Gasteiger partial charge in [-0.25, -0.2) is 0 Å². The fourth-order valence-electron chi connectivity index (χ4n) is 2.52. The van der Waals surface area contributed by atoms with E-state index in [0.717, 1.165) is 29.8 Å². The molecule has 1 aliphatic rings. The molecule has 1 aromatic carbocycles. The number of nitrogens with zero attached hydrogens (tertiary/aromatic N) is 2. The number of carbonyl (C=O) groups is 1. The zero-order chi connectivity index (χ0) is 14.8. The summed E-state index contributed by atoms with van der Waals surface area (Å²) in [7, 11) is 1.79. The third-order valence-electron chi connectivity index (χ3n) is 3.69. The Bertz CT molecular complexity index is 650. The monoisotopic (exact) mass is 304 g/mol. The van der Waals surface area contributed by atoms with Gasteiger partial charge in [0, 0.05) is 49.4 Å². The summed E-state index contributed by atoms with van der Waals surface area (Å²) < 4.78 is 0. The van der Waals surface area contributed by atoms with Crippen LogP contribution in [0.3, 0.4) is 0 Å².